The molecule has 0 aromatic rings. The zero-order chi connectivity index (χ0) is 16.9. The number of amides is 1. The Morgan fingerprint density at radius 2 is 1.96 bits per heavy atom. The van der Waals surface area contributed by atoms with Crippen molar-refractivity contribution in [2.75, 3.05) is 26.2 Å². The Balaban J connectivity index is 0.00000288. The van der Waals surface area contributed by atoms with Gasteiger partial charge in [0.1, 0.15) is 0 Å². The van der Waals surface area contributed by atoms with Crippen molar-refractivity contribution in [2.24, 2.45) is 10.9 Å². The van der Waals surface area contributed by atoms with Crippen molar-refractivity contribution in [2.45, 2.75) is 64.5 Å². The summed E-state index contributed by atoms with van der Waals surface area (Å²) in [6.45, 7) is 8.82. The quantitative estimate of drug-likeness (QED) is 0.337. The SMILES string of the molecule is CCNC(=NCC1(O)CCC1)NC1CCN(C(=O)C(C)C)CC1.I. The highest BCUT2D eigenvalue weighted by Crippen LogP contribution is 2.31. The Morgan fingerprint density at radius 3 is 2.42 bits per heavy atom. The van der Waals surface area contributed by atoms with Crippen LogP contribution in [-0.2, 0) is 4.79 Å². The molecule has 0 unspecified atom stereocenters. The smallest absolute Gasteiger partial charge is 0.225 e. The Kier molecular flexibility index (Phi) is 8.76. The molecule has 0 aromatic carbocycles. The molecule has 140 valence electrons. The number of likely N-dealkylation sites (tertiary alicyclic amines) is 1. The van der Waals surface area contributed by atoms with Gasteiger partial charge < -0.3 is 20.6 Å². The van der Waals surface area contributed by atoms with Crippen LogP contribution in [0.15, 0.2) is 4.99 Å². The van der Waals surface area contributed by atoms with E-state index in [4.69, 9.17) is 0 Å². The summed E-state index contributed by atoms with van der Waals surface area (Å²) in [5.74, 6) is 1.10. The Labute approximate surface area is 162 Å². The van der Waals surface area contributed by atoms with Gasteiger partial charge in [-0.1, -0.05) is 13.8 Å². The van der Waals surface area contributed by atoms with Crippen molar-refractivity contribution in [3.63, 3.8) is 0 Å². The van der Waals surface area contributed by atoms with E-state index in [1.165, 1.54) is 0 Å². The van der Waals surface area contributed by atoms with Gasteiger partial charge in [-0.3, -0.25) is 9.79 Å². The van der Waals surface area contributed by atoms with Crippen LogP contribution in [0.4, 0.5) is 0 Å². The van der Waals surface area contributed by atoms with Gasteiger partial charge in [0, 0.05) is 31.6 Å². The highest BCUT2D eigenvalue weighted by atomic mass is 127. The van der Waals surface area contributed by atoms with Gasteiger partial charge in [-0.2, -0.15) is 0 Å². The van der Waals surface area contributed by atoms with Crippen LogP contribution in [0.25, 0.3) is 0 Å². The van der Waals surface area contributed by atoms with Crippen LogP contribution in [0.5, 0.6) is 0 Å². The van der Waals surface area contributed by atoms with Gasteiger partial charge in [0.2, 0.25) is 5.91 Å². The van der Waals surface area contributed by atoms with Gasteiger partial charge in [0.05, 0.1) is 12.1 Å². The van der Waals surface area contributed by atoms with Crippen LogP contribution in [0.1, 0.15) is 52.9 Å². The molecule has 1 saturated carbocycles. The van der Waals surface area contributed by atoms with E-state index in [2.05, 4.69) is 15.6 Å². The Morgan fingerprint density at radius 1 is 1.33 bits per heavy atom. The van der Waals surface area contributed by atoms with Crippen molar-refractivity contribution in [3.05, 3.63) is 0 Å². The molecule has 1 aliphatic carbocycles. The first-order valence-corrected chi connectivity index (χ1v) is 8.99. The zero-order valence-corrected chi connectivity index (χ0v) is 17.5. The first-order valence-electron chi connectivity index (χ1n) is 8.99. The van der Waals surface area contributed by atoms with Crippen LogP contribution in [0.2, 0.25) is 0 Å². The minimum Gasteiger partial charge on any atom is -0.388 e. The van der Waals surface area contributed by atoms with E-state index in [0.29, 0.717) is 12.6 Å². The molecular formula is C17H33IN4O2. The van der Waals surface area contributed by atoms with Crippen molar-refractivity contribution >= 4 is 35.8 Å². The molecule has 3 N–H and O–H groups in total. The molecule has 2 fully saturated rings. The number of carbonyl (C=O) groups is 1. The molecule has 7 heteroatoms. The Hall–Kier alpha value is -0.570. The van der Waals surface area contributed by atoms with Crippen molar-refractivity contribution in [1.29, 1.82) is 0 Å². The van der Waals surface area contributed by atoms with Gasteiger partial charge in [-0.15, -0.1) is 24.0 Å². The van der Waals surface area contributed by atoms with E-state index in [1.807, 2.05) is 25.7 Å². The number of aliphatic hydroxyl groups is 1. The third kappa shape index (κ3) is 6.06. The molecular weight excluding hydrogens is 419 g/mol. The Bertz CT molecular complexity index is 430. The number of hydrogen-bond donors (Lipinski definition) is 3. The number of piperidine rings is 1. The lowest BCUT2D eigenvalue weighted by atomic mass is 9.80. The zero-order valence-electron chi connectivity index (χ0n) is 15.2. The summed E-state index contributed by atoms with van der Waals surface area (Å²) in [5, 5.41) is 16.9. The van der Waals surface area contributed by atoms with Crippen molar-refractivity contribution < 1.29 is 9.90 Å². The number of halogens is 1. The van der Waals surface area contributed by atoms with Gasteiger partial charge in [-0.05, 0) is 39.0 Å². The summed E-state index contributed by atoms with van der Waals surface area (Å²) < 4.78 is 0. The first kappa shape index (κ1) is 21.5. The second-order valence-corrected chi connectivity index (χ2v) is 7.17. The van der Waals surface area contributed by atoms with E-state index >= 15 is 0 Å². The number of nitrogens with zero attached hydrogens (tertiary/aromatic N) is 2. The molecule has 1 saturated heterocycles. The van der Waals surface area contributed by atoms with E-state index in [9.17, 15) is 9.90 Å². The summed E-state index contributed by atoms with van der Waals surface area (Å²) in [6.07, 6.45) is 4.68. The maximum atomic E-state index is 12.0. The highest BCUT2D eigenvalue weighted by molar-refractivity contribution is 14.0. The van der Waals surface area contributed by atoms with Crippen molar-refractivity contribution in [1.82, 2.24) is 15.5 Å². The summed E-state index contributed by atoms with van der Waals surface area (Å²) >= 11 is 0. The normalized spacial score (nSPS) is 21.0. The number of carbonyl (C=O) groups excluding carboxylic acids is 1. The van der Waals surface area contributed by atoms with E-state index < -0.39 is 5.60 Å². The number of hydrogen-bond acceptors (Lipinski definition) is 3. The predicted octanol–water partition coefficient (Wildman–Crippen LogP) is 1.72. The van der Waals surface area contributed by atoms with E-state index in [1.54, 1.807) is 0 Å². The molecule has 0 bridgehead atoms. The fraction of sp³-hybridized carbons (Fsp3) is 0.882. The van der Waals surface area contributed by atoms with Crippen LogP contribution < -0.4 is 10.6 Å². The number of nitrogens with one attached hydrogen (secondary N) is 2. The lowest BCUT2D eigenvalue weighted by Crippen LogP contribution is -2.51. The molecule has 1 aliphatic heterocycles. The summed E-state index contributed by atoms with van der Waals surface area (Å²) in [6, 6.07) is 0.333. The van der Waals surface area contributed by atoms with Gasteiger partial charge in [0.15, 0.2) is 5.96 Å². The predicted molar refractivity (Wildman–Crippen MR) is 108 cm³/mol. The molecule has 2 rings (SSSR count). The second-order valence-electron chi connectivity index (χ2n) is 7.17. The molecule has 0 radical (unpaired) electrons. The molecule has 6 nitrogen and oxygen atoms in total. The number of guanidine groups is 1. The van der Waals surface area contributed by atoms with Crippen LogP contribution >= 0.6 is 24.0 Å². The average Bonchev–Trinajstić information content (AvgIpc) is 2.51. The third-order valence-corrected chi connectivity index (χ3v) is 4.80. The average molecular weight is 452 g/mol. The van der Waals surface area contributed by atoms with Crippen molar-refractivity contribution in [3.8, 4) is 0 Å². The summed E-state index contributed by atoms with van der Waals surface area (Å²) in [5.41, 5.74) is -0.588. The van der Waals surface area contributed by atoms with Gasteiger partial charge in [-0.25, -0.2) is 0 Å². The maximum Gasteiger partial charge on any atom is 0.225 e. The minimum atomic E-state index is -0.588. The topological polar surface area (TPSA) is 77.0 Å². The van der Waals surface area contributed by atoms with E-state index in [-0.39, 0.29) is 35.8 Å². The number of rotatable bonds is 5. The fourth-order valence-corrected chi connectivity index (χ4v) is 3.09. The number of aliphatic imine (C=N–C) groups is 1. The summed E-state index contributed by atoms with van der Waals surface area (Å²) in [7, 11) is 0. The lowest BCUT2D eigenvalue weighted by molar-refractivity contribution is -0.135. The molecule has 0 atom stereocenters. The first-order chi connectivity index (χ1) is 10.9. The van der Waals surface area contributed by atoms with Crippen LogP contribution in [0.3, 0.4) is 0 Å². The molecule has 2 aliphatic rings. The van der Waals surface area contributed by atoms with Gasteiger partial charge >= 0.3 is 0 Å². The maximum absolute atomic E-state index is 12.0. The van der Waals surface area contributed by atoms with E-state index in [0.717, 1.165) is 57.7 Å². The molecule has 1 amide bonds. The molecule has 1 heterocycles. The third-order valence-electron chi connectivity index (χ3n) is 4.80. The molecule has 24 heavy (non-hydrogen) atoms. The molecule has 0 spiro atoms. The van der Waals surface area contributed by atoms with Crippen LogP contribution in [-0.4, -0.2) is 59.7 Å². The lowest BCUT2D eigenvalue weighted by Gasteiger charge is -2.36. The minimum absolute atomic E-state index is 0. The van der Waals surface area contributed by atoms with Crippen LogP contribution in [0, 0.1) is 5.92 Å². The summed E-state index contributed by atoms with van der Waals surface area (Å²) in [4.78, 5) is 18.5. The standard InChI is InChI=1S/C17H32N4O2.HI/c1-4-18-16(19-12-17(23)8-5-9-17)20-14-6-10-21(11-7-14)15(22)13(2)3;/h13-14,23H,4-12H2,1-3H3,(H2,18,19,20);1H. The second kappa shape index (κ2) is 9.79. The van der Waals surface area contributed by atoms with Gasteiger partial charge in [0.25, 0.3) is 0 Å². The largest absolute Gasteiger partial charge is 0.388 e. The highest BCUT2D eigenvalue weighted by Gasteiger charge is 2.34. The molecule has 0 aromatic heterocycles. The fourth-order valence-electron chi connectivity index (χ4n) is 3.09. The monoisotopic (exact) mass is 452 g/mol.